The maximum Gasteiger partial charge on any atom is 0.136 e. The van der Waals surface area contributed by atoms with E-state index in [1.54, 1.807) is 17.4 Å². The van der Waals surface area contributed by atoms with Crippen LogP contribution in [-0.4, -0.2) is 0 Å². The number of benzene rings is 6. The summed E-state index contributed by atoms with van der Waals surface area (Å²) in [5.74, 6) is 0. The van der Waals surface area contributed by atoms with Crippen LogP contribution >= 0.6 is 11.3 Å². The zero-order valence-electron chi connectivity index (χ0n) is 22.3. The Bertz CT molecular complexity index is 2320. The molecule has 42 heavy (non-hydrogen) atoms. The molecule has 4 heteroatoms. The highest BCUT2D eigenvalue weighted by atomic mass is 32.1. The van der Waals surface area contributed by atoms with Gasteiger partial charge in [0.25, 0.3) is 0 Å². The zero-order chi connectivity index (χ0) is 28.2. The van der Waals surface area contributed by atoms with Gasteiger partial charge in [0.1, 0.15) is 23.3 Å². The summed E-state index contributed by atoms with van der Waals surface area (Å²) in [5, 5.41) is 23.9. The normalized spacial score (nSPS) is 11.3. The maximum atomic E-state index is 9.77. The Hall–Kier alpha value is -5.68. The highest BCUT2D eigenvalue weighted by molar-refractivity contribution is 7.25. The molecule has 2 heterocycles. The second-order valence-corrected chi connectivity index (χ2v) is 11.4. The van der Waals surface area contributed by atoms with Crippen LogP contribution in [0.2, 0.25) is 0 Å². The molecule has 0 radical (unpaired) electrons. The summed E-state index contributed by atoms with van der Waals surface area (Å²) in [5.41, 5.74) is 8.70. The summed E-state index contributed by atoms with van der Waals surface area (Å²) in [7, 11) is 0. The van der Waals surface area contributed by atoms with Crippen molar-refractivity contribution < 1.29 is 4.42 Å². The summed E-state index contributed by atoms with van der Waals surface area (Å²) in [6, 6.07) is 45.8. The van der Waals surface area contributed by atoms with Crippen molar-refractivity contribution in [2.45, 2.75) is 0 Å². The average molecular weight is 553 g/mol. The number of fused-ring (bicyclic) bond motifs is 6. The SMILES string of the molecule is N#Cc1ccc(-c2cc(-c3cccc4oc5ccccc5c34)cc(-c3cccc4sc5ccccc5c34)c2)cc1C#N. The van der Waals surface area contributed by atoms with E-state index in [0.717, 1.165) is 55.3 Å². The van der Waals surface area contributed by atoms with Gasteiger partial charge < -0.3 is 4.42 Å². The minimum Gasteiger partial charge on any atom is -0.456 e. The molecule has 0 N–H and O–H groups in total. The van der Waals surface area contributed by atoms with Gasteiger partial charge in [-0.05, 0) is 88.0 Å². The predicted molar refractivity (Wildman–Crippen MR) is 172 cm³/mol. The van der Waals surface area contributed by atoms with Crippen LogP contribution in [0.3, 0.4) is 0 Å². The molecule has 0 bridgehead atoms. The first-order valence-corrected chi connectivity index (χ1v) is 14.4. The van der Waals surface area contributed by atoms with Crippen molar-refractivity contribution in [3.63, 3.8) is 0 Å². The van der Waals surface area contributed by atoms with Crippen LogP contribution in [-0.2, 0) is 0 Å². The lowest BCUT2D eigenvalue weighted by Crippen LogP contribution is -1.90. The first kappa shape index (κ1) is 24.1. The van der Waals surface area contributed by atoms with Crippen molar-refractivity contribution >= 4 is 53.4 Å². The minimum atomic E-state index is 0.371. The molecule has 8 rings (SSSR count). The molecule has 194 valence electrons. The molecule has 0 spiro atoms. The molecule has 6 aromatic carbocycles. The van der Waals surface area contributed by atoms with Crippen LogP contribution in [0, 0.1) is 22.7 Å². The predicted octanol–water partition coefficient (Wildman–Crippen LogP) is 10.7. The number of hydrogen-bond donors (Lipinski definition) is 0. The summed E-state index contributed by atoms with van der Waals surface area (Å²) in [6.07, 6.45) is 0. The van der Waals surface area contributed by atoms with Gasteiger partial charge in [-0.2, -0.15) is 10.5 Å². The van der Waals surface area contributed by atoms with Crippen LogP contribution < -0.4 is 0 Å². The monoisotopic (exact) mass is 552 g/mol. The van der Waals surface area contributed by atoms with E-state index in [1.165, 1.54) is 20.2 Å². The molecule has 0 unspecified atom stereocenters. The average Bonchev–Trinajstić information content (AvgIpc) is 3.62. The number of hydrogen-bond acceptors (Lipinski definition) is 4. The fraction of sp³-hybridized carbons (Fsp3) is 0. The molecule has 0 aliphatic carbocycles. The molecule has 8 aromatic rings. The van der Waals surface area contributed by atoms with E-state index in [1.807, 2.05) is 42.5 Å². The number of para-hydroxylation sites is 1. The topological polar surface area (TPSA) is 60.7 Å². The molecule has 0 saturated carbocycles. The van der Waals surface area contributed by atoms with Gasteiger partial charge in [-0.1, -0.05) is 66.7 Å². The largest absolute Gasteiger partial charge is 0.456 e. The van der Waals surface area contributed by atoms with E-state index in [9.17, 15) is 10.5 Å². The molecule has 0 aliphatic rings. The Morgan fingerprint density at radius 3 is 1.93 bits per heavy atom. The summed E-state index contributed by atoms with van der Waals surface area (Å²) >= 11 is 1.81. The van der Waals surface area contributed by atoms with Crippen molar-refractivity contribution in [3.05, 3.63) is 132 Å². The van der Waals surface area contributed by atoms with Gasteiger partial charge in [-0.15, -0.1) is 11.3 Å². The quantitative estimate of drug-likeness (QED) is 0.219. The van der Waals surface area contributed by atoms with Crippen molar-refractivity contribution in [3.8, 4) is 45.5 Å². The van der Waals surface area contributed by atoms with Gasteiger partial charge in [0, 0.05) is 30.9 Å². The number of nitriles is 2. The minimum absolute atomic E-state index is 0.371. The Morgan fingerprint density at radius 1 is 0.476 bits per heavy atom. The molecule has 0 saturated heterocycles. The Morgan fingerprint density at radius 2 is 1.12 bits per heavy atom. The van der Waals surface area contributed by atoms with Gasteiger partial charge in [-0.25, -0.2) is 0 Å². The van der Waals surface area contributed by atoms with E-state index in [2.05, 4.69) is 84.9 Å². The maximum absolute atomic E-state index is 9.77. The lowest BCUT2D eigenvalue weighted by atomic mass is 9.89. The number of thiophene rings is 1. The molecule has 0 atom stereocenters. The van der Waals surface area contributed by atoms with Gasteiger partial charge in [0.15, 0.2) is 0 Å². The Balaban J connectivity index is 1.45. The number of furan rings is 1. The summed E-state index contributed by atoms with van der Waals surface area (Å²) in [6.45, 7) is 0. The van der Waals surface area contributed by atoms with E-state index in [-0.39, 0.29) is 0 Å². The molecular formula is C38H20N2OS. The van der Waals surface area contributed by atoms with E-state index in [0.29, 0.717) is 11.1 Å². The van der Waals surface area contributed by atoms with Gasteiger partial charge >= 0.3 is 0 Å². The van der Waals surface area contributed by atoms with Crippen LogP contribution in [0.1, 0.15) is 11.1 Å². The molecule has 0 aliphatic heterocycles. The van der Waals surface area contributed by atoms with Crippen molar-refractivity contribution in [1.29, 1.82) is 10.5 Å². The first-order valence-electron chi connectivity index (χ1n) is 13.6. The summed E-state index contributed by atoms with van der Waals surface area (Å²) < 4.78 is 8.74. The lowest BCUT2D eigenvalue weighted by Gasteiger charge is -2.13. The van der Waals surface area contributed by atoms with Crippen molar-refractivity contribution in [1.82, 2.24) is 0 Å². The van der Waals surface area contributed by atoms with Crippen LogP contribution in [0.25, 0.3) is 75.5 Å². The smallest absolute Gasteiger partial charge is 0.136 e. The van der Waals surface area contributed by atoms with Crippen LogP contribution in [0.4, 0.5) is 0 Å². The van der Waals surface area contributed by atoms with Crippen molar-refractivity contribution in [2.75, 3.05) is 0 Å². The molecule has 0 fully saturated rings. The first-order chi connectivity index (χ1) is 20.7. The third kappa shape index (κ3) is 3.71. The van der Waals surface area contributed by atoms with E-state index >= 15 is 0 Å². The van der Waals surface area contributed by atoms with E-state index < -0.39 is 0 Å². The standard InChI is InChI=1S/C38H20N2OS/c39-21-24-16-15-23(17-28(24)22-40)25-18-26(29-9-5-12-34-37(29)31-7-1-3-11-33(31)41-34)20-27(19-25)30-10-6-14-36-38(30)32-8-2-4-13-35(32)42-36/h1-20H. The number of nitrogens with zero attached hydrogens (tertiary/aromatic N) is 2. The van der Waals surface area contributed by atoms with Crippen molar-refractivity contribution in [2.24, 2.45) is 0 Å². The third-order valence-corrected chi connectivity index (χ3v) is 9.09. The second kappa shape index (κ2) is 9.46. The van der Waals surface area contributed by atoms with E-state index in [4.69, 9.17) is 4.42 Å². The Kier molecular flexibility index (Phi) is 5.44. The third-order valence-electron chi connectivity index (χ3n) is 7.95. The summed E-state index contributed by atoms with van der Waals surface area (Å²) in [4.78, 5) is 0. The molecule has 0 amide bonds. The fourth-order valence-corrected chi connectivity index (χ4v) is 7.18. The molecule has 3 nitrogen and oxygen atoms in total. The molecule has 2 aromatic heterocycles. The van der Waals surface area contributed by atoms with Gasteiger partial charge in [0.2, 0.25) is 0 Å². The number of rotatable bonds is 3. The zero-order valence-corrected chi connectivity index (χ0v) is 23.1. The van der Waals surface area contributed by atoms with Crippen LogP contribution in [0.5, 0.6) is 0 Å². The molecular weight excluding hydrogens is 532 g/mol. The van der Waals surface area contributed by atoms with Crippen LogP contribution in [0.15, 0.2) is 126 Å². The fourth-order valence-electron chi connectivity index (χ4n) is 6.05. The highest BCUT2D eigenvalue weighted by Gasteiger charge is 2.17. The van der Waals surface area contributed by atoms with Gasteiger partial charge in [0.05, 0.1) is 11.1 Å². The van der Waals surface area contributed by atoms with Gasteiger partial charge in [-0.3, -0.25) is 0 Å². The lowest BCUT2D eigenvalue weighted by molar-refractivity contribution is 0.669. The second-order valence-electron chi connectivity index (χ2n) is 10.3. The Labute approximate surface area is 245 Å². The highest BCUT2D eigenvalue weighted by Crippen LogP contribution is 2.43.